The van der Waals surface area contributed by atoms with Crippen LogP contribution in [0.25, 0.3) is 0 Å². The van der Waals surface area contributed by atoms with Gasteiger partial charge in [0, 0.05) is 17.5 Å². The van der Waals surface area contributed by atoms with Crippen molar-refractivity contribution in [2.75, 3.05) is 12.0 Å². The molecule has 2 rings (SSSR count). The Labute approximate surface area is 124 Å². The van der Waals surface area contributed by atoms with Crippen LogP contribution in [0.5, 0.6) is 0 Å². The molecule has 7 heteroatoms. The molecule has 1 fully saturated rings. The molecule has 0 aromatic heterocycles. The molecule has 1 aromatic carbocycles. The maximum Gasteiger partial charge on any atom is 0.251 e. The minimum absolute atomic E-state index is 0.0110. The van der Waals surface area contributed by atoms with Crippen molar-refractivity contribution >= 4 is 21.4 Å². The van der Waals surface area contributed by atoms with Crippen LogP contribution in [0.4, 0.5) is 5.69 Å². The van der Waals surface area contributed by atoms with E-state index >= 15 is 0 Å². The number of nitrogens with two attached hydrogens (primary N) is 1. The largest absolute Gasteiger partial charge is 0.399 e. The number of nitrogen functional groups attached to an aromatic ring is 1. The van der Waals surface area contributed by atoms with Gasteiger partial charge in [-0.1, -0.05) is 12.8 Å². The van der Waals surface area contributed by atoms with Crippen LogP contribution in [0.2, 0.25) is 0 Å². The summed E-state index contributed by atoms with van der Waals surface area (Å²) >= 11 is 0. The molecule has 6 nitrogen and oxygen atoms in total. The predicted molar refractivity (Wildman–Crippen MR) is 79.7 cm³/mol. The normalized spacial score (nSPS) is 22.8. The first kappa shape index (κ1) is 15.8. The standard InChI is InChI=1S/C14H20N2O4S/c1-21(19,20)11-7-9(6-10(15)8-11)14(18)16-12-4-2-3-5-13(12)17/h6-8,12-13,17H,2-5,15H2,1H3,(H,16,18). The molecule has 1 saturated carbocycles. The summed E-state index contributed by atoms with van der Waals surface area (Å²) in [5, 5.41) is 12.6. The van der Waals surface area contributed by atoms with Gasteiger partial charge in [0.2, 0.25) is 0 Å². The maximum absolute atomic E-state index is 12.2. The first-order chi connectivity index (χ1) is 9.77. The lowest BCUT2D eigenvalue weighted by atomic mass is 9.92. The lowest BCUT2D eigenvalue weighted by Crippen LogP contribution is -2.45. The fourth-order valence-corrected chi connectivity index (χ4v) is 3.19. The topological polar surface area (TPSA) is 109 Å². The highest BCUT2D eigenvalue weighted by Gasteiger charge is 2.25. The first-order valence-corrected chi connectivity index (χ1v) is 8.76. The summed E-state index contributed by atoms with van der Waals surface area (Å²) < 4.78 is 23.1. The molecular weight excluding hydrogens is 292 g/mol. The van der Waals surface area contributed by atoms with E-state index in [9.17, 15) is 18.3 Å². The van der Waals surface area contributed by atoms with E-state index < -0.39 is 21.8 Å². The van der Waals surface area contributed by atoms with Crippen molar-refractivity contribution in [3.63, 3.8) is 0 Å². The smallest absolute Gasteiger partial charge is 0.251 e. The number of hydrogen-bond donors (Lipinski definition) is 3. The Morgan fingerprint density at radius 2 is 1.95 bits per heavy atom. The lowest BCUT2D eigenvalue weighted by Gasteiger charge is -2.28. The van der Waals surface area contributed by atoms with Gasteiger partial charge in [0.15, 0.2) is 9.84 Å². The number of nitrogens with one attached hydrogen (secondary N) is 1. The number of aliphatic hydroxyl groups excluding tert-OH is 1. The van der Waals surface area contributed by atoms with Crippen molar-refractivity contribution in [2.45, 2.75) is 42.7 Å². The van der Waals surface area contributed by atoms with Gasteiger partial charge in [0.05, 0.1) is 17.0 Å². The van der Waals surface area contributed by atoms with Crippen LogP contribution in [-0.4, -0.2) is 37.8 Å². The molecule has 2 atom stereocenters. The molecule has 1 aromatic rings. The summed E-state index contributed by atoms with van der Waals surface area (Å²) in [5.41, 5.74) is 6.06. The molecule has 0 saturated heterocycles. The van der Waals surface area contributed by atoms with Gasteiger partial charge in [-0.15, -0.1) is 0 Å². The number of aliphatic hydroxyl groups is 1. The molecule has 1 aliphatic carbocycles. The highest BCUT2D eigenvalue weighted by atomic mass is 32.2. The highest BCUT2D eigenvalue weighted by molar-refractivity contribution is 7.90. The summed E-state index contributed by atoms with van der Waals surface area (Å²) in [7, 11) is -3.43. The van der Waals surface area contributed by atoms with Gasteiger partial charge in [0.25, 0.3) is 5.91 Å². The fraction of sp³-hybridized carbons (Fsp3) is 0.500. The van der Waals surface area contributed by atoms with Crippen LogP contribution in [0.15, 0.2) is 23.1 Å². The molecule has 0 heterocycles. The zero-order valence-electron chi connectivity index (χ0n) is 11.9. The Hall–Kier alpha value is -1.60. The zero-order valence-corrected chi connectivity index (χ0v) is 12.7. The molecule has 0 aliphatic heterocycles. The van der Waals surface area contributed by atoms with E-state index in [4.69, 9.17) is 5.73 Å². The summed E-state index contributed by atoms with van der Waals surface area (Å²) in [6.45, 7) is 0. The number of anilines is 1. The number of amides is 1. The van der Waals surface area contributed by atoms with Gasteiger partial charge in [-0.05, 0) is 31.0 Å². The van der Waals surface area contributed by atoms with Crippen LogP contribution in [0.3, 0.4) is 0 Å². The third-order valence-electron chi connectivity index (χ3n) is 3.67. The third kappa shape index (κ3) is 3.95. The van der Waals surface area contributed by atoms with Gasteiger partial charge in [-0.2, -0.15) is 0 Å². The minimum atomic E-state index is -3.43. The zero-order chi connectivity index (χ0) is 15.6. The van der Waals surface area contributed by atoms with Crippen molar-refractivity contribution in [3.8, 4) is 0 Å². The number of carbonyl (C=O) groups is 1. The lowest BCUT2D eigenvalue weighted by molar-refractivity contribution is 0.0717. The molecule has 0 spiro atoms. The van der Waals surface area contributed by atoms with Crippen molar-refractivity contribution in [2.24, 2.45) is 0 Å². The van der Waals surface area contributed by atoms with E-state index in [1.807, 2.05) is 0 Å². The van der Waals surface area contributed by atoms with Gasteiger partial charge >= 0.3 is 0 Å². The molecule has 0 radical (unpaired) electrons. The van der Waals surface area contributed by atoms with Crippen molar-refractivity contribution in [3.05, 3.63) is 23.8 Å². The predicted octanol–water partition coefficient (Wildman–Crippen LogP) is 0.706. The van der Waals surface area contributed by atoms with Crippen LogP contribution in [0.1, 0.15) is 36.0 Å². The second-order valence-electron chi connectivity index (χ2n) is 5.49. The Morgan fingerprint density at radius 3 is 2.57 bits per heavy atom. The maximum atomic E-state index is 12.2. The van der Waals surface area contributed by atoms with Crippen LogP contribution in [0, 0.1) is 0 Å². The van der Waals surface area contributed by atoms with Crippen molar-refractivity contribution < 1.29 is 18.3 Å². The molecule has 1 amide bonds. The third-order valence-corrected chi connectivity index (χ3v) is 4.76. The van der Waals surface area contributed by atoms with Crippen molar-refractivity contribution in [1.82, 2.24) is 5.32 Å². The first-order valence-electron chi connectivity index (χ1n) is 6.87. The molecule has 21 heavy (non-hydrogen) atoms. The number of rotatable bonds is 3. The second-order valence-corrected chi connectivity index (χ2v) is 7.51. The van der Waals surface area contributed by atoms with Crippen LogP contribution < -0.4 is 11.1 Å². The average Bonchev–Trinajstić information content (AvgIpc) is 2.39. The van der Waals surface area contributed by atoms with Crippen LogP contribution >= 0.6 is 0 Å². The number of carbonyl (C=O) groups excluding carboxylic acids is 1. The van der Waals surface area contributed by atoms with Crippen LogP contribution in [-0.2, 0) is 9.84 Å². The Bertz CT molecular complexity index is 642. The Morgan fingerprint density at radius 1 is 1.29 bits per heavy atom. The van der Waals surface area contributed by atoms with Crippen molar-refractivity contribution in [1.29, 1.82) is 0 Å². The van der Waals surface area contributed by atoms with Gasteiger partial charge < -0.3 is 16.2 Å². The quantitative estimate of drug-likeness (QED) is 0.712. The monoisotopic (exact) mass is 312 g/mol. The fourth-order valence-electron chi connectivity index (χ4n) is 2.50. The van der Waals surface area contributed by atoms with E-state index in [1.165, 1.54) is 18.2 Å². The van der Waals surface area contributed by atoms with E-state index in [2.05, 4.69) is 5.32 Å². The van der Waals surface area contributed by atoms with E-state index in [0.717, 1.165) is 19.1 Å². The second kappa shape index (κ2) is 6.03. The summed E-state index contributed by atoms with van der Waals surface area (Å²) in [5.74, 6) is -0.418. The Kier molecular flexibility index (Phi) is 4.53. The molecule has 4 N–H and O–H groups in total. The summed E-state index contributed by atoms with van der Waals surface area (Å²) in [4.78, 5) is 12.2. The SMILES string of the molecule is CS(=O)(=O)c1cc(N)cc(C(=O)NC2CCCCC2O)c1. The van der Waals surface area contributed by atoms with E-state index in [1.54, 1.807) is 0 Å². The molecule has 2 unspecified atom stereocenters. The molecule has 0 bridgehead atoms. The number of benzene rings is 1. The summed E-state index contributed by atoms with van der Waals surface area (Å²) in [6.07, 6.45) is 3.79. The number of hydrogen-bond acceptors (Lipinski definition) is 5. The van der Waals surface area contributed by atoms with Gasteiger partial charge in [-0.3, -0.25) is 4.79 Å². The molecule has 1 aliphatic rings. The summed E-state index contributed by atoms with van der Waals surface area (Å²) in [6, 6.07) is 3.76. The molecule has 116 valence electrons. The van der Waals surface area contributed by atoms with Gasteiger partial charge in [-0.25, -0.2) is 8.42 Å². The average molecular weight is 312 g/mol. The molecular formula is C14H20N2O4S. The van der Waals surface area contributed by atoms with Gasteiger partial charge in [0.1, 0.15) is 0 Å². The van der Waals surface area contributed by atoms with E-state index in [-0.39, 0.29) is 22.2 Å². The highest BCUT2D eigenvalue weighted by Crippen LogP contribution is 2.20. The van der Waals surface area contributed by atoms with E-state index in [0.29, 0.717) is 12.8 Å². The minimum Gasteiger partial charge on any atom is -0.399 e. The Balaban J connectivity index is 2.21. The number of sulfone groups is 1.